The summed E-state index contributed by atoms with van der Waals surface area (Å²) < 4.78 is 18.9. The van der Waals surface area contributed by atoms with Gasteiger partial charge in [-0.1, -0.05) is 0 Å². The molecule has 0 saturated heterocycles. The first-order chi connectivity index (χ1) is 7.09. The van der Waals surface area contributed by atoms with Crippen LogP contribution in [0.25, 0.3) is 0 Å². The van der Waals surface area contributed by atoms with Gasteiger partial charge in [0.15, 0.2) is 0 Å². The third-order valence-electron chi connectivity index (χ3n) is 2.36. The van der Waals surface area contributed by atoms with E-state index in [2.05, 4.69) is 15.9 Å². The Hall–Kier alpha value is -1.10. The van der Waals surface area contributed by atoms with E-state index in [0.717, 1.165) is 0 Å². The van der Waals surface area contributed by atoms with Crippen LogP contribution in [0.5, 0.6) is 5.75 Å². The molecule has 0 radical (unpaired) electrons. The van der Waals surface area contributed by atoms with Crippen molar-refractivity contribution < 1.29 is 19.0 Å². The lowest BCUT2D eigenvalue weighted by atomic mass is 9.93. The van der Waals surface area contributed by atoms with Gasteiger partial charge in [-0.2, -0.15) is 0 Å². The highest BCUT2D eigenvalue weighted by Gasteiger charge is 2.29. The van der Waals surface area contributed by atoms with Gasteiger partial charge in [0.05, 0.1) is 17.0 Å². The first-order valence-corrected chi connectivity index (χ1v) is 5.23. The molecule has 1 heterocycles. The molecule has 1 N–H and O–H groups in total. The van der Waals surface area contributed by atoms with E-state index < -0.39 is 17.7 Å². The summed E-state index contributed by atoms with van der Waals surface area (Å²) in [5.41, 5.74) is 0.403. The van der Waals surface area contributed by atoms with Gasteiger partial charge in [0.1, 0.15) is 11.6 Å². The molecule has 0 amide bonds. The molecule has 80 valence electrons. The van der Waals surface area contributed by atoms with Crippen molar-refractivity contribution in [3.8, 4) is 5.75 Å². The second kappa shape index (κ2) is 3.81. The molecule has 0 aliphatic carbocycles. The van der Waals surface area contributed by atoms with Crippen LogP contribution in [0, 0.1) is 5.82 Å². The maximum atomic E-state index is 13.1. The highest BCUT2D eigenvalue weighted by atomic mass is 79.9. The standard InChI is InChI=1S/C10H8BrFO3/c11-8-4-5(12)3-7-6(10(13)14)1-2-15-9(7)8/h3-4,6H,1-2H2,(H,13,14). The minimum atomic E-state index is -0.947. The number of carboxylic acid groups (broad SMARTS) is 1. The zero-order valence-corrected chi connectivity index (χ0v) is 9.25. The van der Waals surface area contributed by atoms with Crippen LogP contribution in [0.15, 0.2) is 16.6 Å². The molecule has 15 heavy (non-hydrogen) atoms. The Morgan fingerprint density at radius 3 is 3.00 bits per heavy atom. The van der Waals surface area contributed by atoms with Crippen LogP contribution < -0.4 is 4.74 Å². The van der Waals surface area contributed by atoms with Crippen molar-refractivity contribution in [2.75, 3.05) is 6.61 Å². The van der Waals surface area contributed by atoms with Crippen LogP contribution in [-0.4, -0.2) is 17.7 Å². The fourth-order valence-electron chi connectivity index (χ4n) is 1.68. The van der Waals surface area contributed by atoms with Gasteiger partial charge in [-0.25, -0.2) is 4.39 Å². The van der Waals surface area contributed by atoms with Gasteiger partial charge >= 0.3 is 5.97 Å². The fourth-order valence-corrected chi connectivity index (χ4v) is 2.24. The van der Waals surface area contributed by atoms with Crippen LogP contribution in [0.4, 0.5) is 4.39 Å². The molecule has 5 heteroatoms. The largest absolute Gasteiger partial charge is 0.492 e. The smallest absolute Gasteiger partial charge is 0.311 e. The van der Waals surface area contributed by atoms with Gasteiger partial charge in [-0.3, -0.25) is 4.79 Å². The van der Waals surface area contributed by atoms with Crippen LogP contribution in [0.3, 0.4) is 0 Å². The van der Waals surface area contributed by atoms with Crippen molar-refractivity contribution in [3.05, 3.63) is 28.0 Å². The second-order valence-electron chi connectivity index (χ2n) is 3.33. The molecule has 1 unspecified atom stereocenters. The lowest BCUT2D eigenvalue weighted by Gasteiger charge is -2.23. The number of carbonyl (C=O) groups is 1. The lowest BCUT2D eigenvalue weighted by Crippen LogP contribution is -2.21. The molecule has 1 aliphatic rings. The monoisotopic (exact) mass is 274 g/mol. The molecule has 2 rings (SSSR count). The van der Waals surface area contributed by atoms with Gasteiger partial charge in [0.2, 0.25) is 0 Å². The molecule has 0 saturated carbocycles. The zero-order valence-electron chi connectivity index (χ0n) is 7.67. The topological polar surface area (TPSA) is 46.5 Å². The quantitative estimate of drug-likeness (QED) is 0.856. The molecule has 3 nitrogen and oxygen atoms in total. The van der Waals surface area contributed by atoms with Crippen molar-refractivity contribution in [1.29, 1.82) is 0 Å². The fraction of sp³-hybridized carbons (Fsp3) is 0.300. The Bertz CT molecular complexity index is 419. The number of rotatable bonds is 1. The van der Waals surface area contributed by atoms with Crippen LogP contribution in [0.1, 0.15) is 17.9 Å². The average molecular weight is 275 g/mol. The summed E-state index contributed by atoms with van der Waals surface area (Å²) in [4.78, 5) is 10.9. The molecule has 0 fully saturated rings. The Labute approximate surface area is 94.0 Å². The van der Waals surface area contributed by atoms with E-state index in [0.29, 0.717) is 28.8 Å². The summed E-state index contributed by atoms with van der Waals surface area (Å²) in [6.07, 6.45) is 0.373. The first-order valence-electron chi connectivity index (χ1n) is 4.44. The molecule has 1 aromatic rings. The van der Waals surface area contributed by atoms with Crippen LogP contribution in [0.2, 0.25) is 0 Å². The third kappa shape index (κ3) is 1.84. The van der Waals surface area contributed by atoms with Crippen molar-refractivity contribution in [2.24, 2.45) is 0 Å². The third-order valence-corrected chi connectivity index (χ3v) is 2.95. The van der Waals surface area contributed by atoms with E-state index in [1.807, 2.05) is 0 Å². The number of aliphatic carboxylic acids is 1. The Morgan fingerprint density at radius 2 is 2.33 bits per heavy atom. The second-order valence-corrected chi connectivity index (χ2v) is 4.19. The van der Waals surface area contributed by atoms with E-state index in [9.17, 15) is 9.18 Å². The predicted molar refractivity (Wildman–Crippen MR) is 54.6 cm³/mol. The van der Waals surface area contributed by atoms with Gasteiger partial charge < -0.3 is 9.84 Å². The highest BCUT2D eigenvalue weighted by molar-refractivity contribution is 9.10. The van der Waals surface area contributed by atoms with Gasteiger partial charge in [0, 0.05) is 5.56 Å². The highest BCUT2D eigenvalue weighted by Crippen LogP contribution is 2.39. The van der Waals surface area contributed by atoms with Gasteiger partial charge in [-0.15, -0.1) is 0 Å². The summed E-state index contributed by atoms with van der Waals surface area (Å²) in [6.45, 7) is 0.341. The number of halogens is 2. The number of fused-ring (bicyclic) bond motifs is 1. The van der Waals surface area contributed by atoms with Crippen LogP contribution in [-0.2, 0) is 4.79 Å². The van der Waals surface area contributed by atoms with Crippen molar-refractivity contribution in [3.63, 3.8) is 0 Å². The maximum Gasteiger partial charge on any atom is 0.311 e. The number of carboxylic acids is 1. The van der Waals surface area contributed by atoms with E-state index in [1.54, 1.807) is 0 Å². The molecular formula is C10H8BrFO3. The minimum absolute atomic E-state index is 0.341. The molecule has 1 atom stereocenters. The number of hydrogen-bond acceptors (Lipinski definition) is 2. The molecule has 1 aromatic carbocycles. The lowest BCUT2D eigenvalue weighted by molar-refractivity contribution is -0.139. The Balaban J connectivity index is 2.55. The molecule has 0 bridgehead atoms. The average Bonchev–Trinajstić information content (AvgIpc) is 2.16. The zero-order chi connectivity index (χ0) is 11.0. The summed E-state index contributed by atoms with van der Waals surface area (Å²) in [5, 5.41) is 8.97. The van der Waals surface area contributed by atoms with Crippen LogP contribution >= 0.6 is 15.9 Å². The van der Waals surface area contributed by atoms with E-state index in [4.69, 9.17) is 9.84 Å². The maximum absolute atomic E-state index is 13.1. The minimum Gasteiger partial charge on any atom is -0.492 e. The molecule has 0 spiro atoms. The summed E-state index contributed by atoms with van der Waals surface area (Å²) in [6, 6.07) is 2.49. The SMILES string of the molecule is O=C(O)C1CCOc2c(Br)cc(F)cc21. The Kier molecular flexibility index (Phi) is 2.65. The van der Waals surface area contributed by atoms with E-state index in [-0.39, 0.29) is 0 Å². The normalized spacial score (nSPS) is 19.2. The van der Waals surface area contributed by atoms with E-state index in [1.165, 1.54) is 12.1 Å². The molecular weight excluding hydrogens is 267 g/mol. The summed E-state index contributed by atoms with van der Waals surface area (Å²) in [5.74, 6) is -1.65. The van der Waals surface area contributed by atoms with Gasteiger partial charge in [-0.05, 0) is 34.5 Å². The number of ether oxygens (including phenoxy) is 1. The summed E-state index contributed by atoms with van der Waals surface area (Å²) >= 11 is 3.15. The van der Waals surface area contributed by atoms with E-state index >= 15 is 0 Å². The first kappa shape index (κ1) is 10.4. The number of hydrogen-bond donors (Lipinski definition) is 1. The Morgan fingerprint density at radius 1 is 1.60 bits per heavy atom. The van der Waals surface area contributed by atoms with Crippen molar-refractivity contribution in [2.45, 2.75) is 12.3 Å². The summed E-state index contributed by atoms with van der Waals surface area (Å²) in [7, 11) is 0. The molecule has 0 aromatic heterocycles. The number of benzene rings is 1. The van der Waals surface area contributed by atoms with Crippen molar-refractivity contribution in [1.82, 2.24) is 0 Å². The molecule has 1 aliphatic heterocycles. The van der Waals surface area contributed by atoms with Crippen molar-refractivity contribution >= 4 is 21.9 Å². The van der Waals surface area contributed by atoms with Gasteiger partial charge in [0.25, 0.3) is 0 Å². The predicted octanol–water partition coefficient (Wildman–Crippen LogP) is 2.54.